The van der Waals surface area contributed by atoms with Gasteiger partial charge in [0.1, 0.15) is 6.54 Å². The van der Waals surface area contributed by atoms with Crippen molar-refractivity contribution in [2.45, 2.75) is 31.7 Å². The average molecular weight is 282 g/mol. The number of rotatable bonds is 4. The standard InChI is InChI=1S/C14H16ClNO3/c15-11-5-3-4-10(8-11)14(19)16(9-13(17)18)12-6-1-2-7-12/h3-5,8,12H,1-2,6-7,9H2,(H,17,18). The Balaban J connectivity index is 2.21. The third-order valence-corrected chi connectivity index (χ3v) is 3.64. The Bertz CT molecular complexity index is 483. The smallest absolute Gasteiger partial charge is 0.323 e. The van der Waals surface area contributed by atoms with Gasteiger partial charge in [0.25, 0.3) is 5.91 Å². The Kier molecular flexibility index (Phi) is 4.43. The first-order valence-electron chi connectivity index (χ1n) is 6.36. The molecule has 1 saturated carbocycles. The molecule has 4 nitrogen and oxygen atoms in total. The van der Waals surface area contributed by atoms with Crippen molar-refractivity contribution in [1.29, 1.82) is 0 Å². The van der Waals surface area contributed by atoms with Crippen LogP contribution in [0.2, 0.25) is 5.02 Å². The molecule has 0 unspecified atom stereocenters. The maximum atomic E-state index is 12.4. The van der Waals surface area contributed by atoms with Gasteiger partial charge in [-0.1, -0.05) is 30.5 Å². The minimum Gasteiger partial charge on any atom is -0.480 e. The second-order valence-electron chi connectivity index (χ2n) is 4.78. The molecule has 1 aliphatic carbocycles. The van der Waals surface area contributed by atoms with Crippen molar-refractivity contribution in [2.24, 2.45) is 0 Å². The van der Waals surface area contributed by atoms with Crippen molar-refractivity contribution < 1.29 is 14.7 Å². The number of hydrogen-bond donors (Lipinski definition) is 1. The highest BCUT2D eigenvalue weighted by Gasteiger charge is 2.29. The third kappa shape index (κ3) is 3.47. The topological polar surface area (TPSA) is 57.6 Å². The van der Waals surface area contributed by atoms with Crippen LogP contribution in [0.5, 0.6) is 0 Å². The first-order valence-corrected chi connectivity index (χ1v) is 6.74. The molecular formula is C14H16ClNO3. The second kappa shape index (κ2) is 6.06. The van der Waals surface area contributed by atoms with E-state index in [2.05, 4.69) is 0 Å². The minimum atomic E-state index is -0.984. The minimum absolute atomic E-state index is 0.0302. The Morgan fingerprint density at radius 1 is 1.32 bits per heavy atom. The SMILES string of the molecule is O=C(O)CN(C(=O)c1cccc(Cl)c1)C1CCCC1. The van der Waals surface area contributed by atoms with E-state index in [-0.39, 0.29) is 18.5 Å². The van der Waals surface area contributed by atoms with Gasteiger partial charge in [0, 0.05) is 16.6 Å². The fourth-order valence-corrected chi connectivity index (χ4v) is 2.71. The van der Waals surface area contributed by atoms with Crippen molar-refractivity contribution in [1.82, 2.24) is 4.90 Å². The van der Waals surface area contributed by atoms with E-state index in [9.17, 15) is 9.59 Å². The molecule has 0 spiro atoms. The number of hydrogen-bond acceptors (Lipinski definition) is 2. The van der Waals surface area contributed by atoms with Gasteiger partial charge in [-0.3, -0.25) is 9.59 Å². The normalized spacial score (nSPS) is 15.4. The molecule has 1 fully saturated rings. The van der Waals surface area contributed by atoms with Crippen LogP contribution in [-0.4, -0.2) is 34.5 Å². The zero-order valence-electron chi connectivity index (χ0n) is 10.5. The fraction of sp³-hybridized carbons (Fsp3) is 0.429. The highest BCUT2D eigenvalue weighted by molar-refractivity contribution is 6.30. The summed E-state index contributed by atoms with van der Waals surface area (Å²) in [7, 11) is 0. The summed E-state index contributed by atoms with van der Waals surface area (Å²) in [4.78, 5) is 24.8. The van der Waals surface area contributed by atoms with Crippen molar-refractivity contribution in [3.05, 3.63) is 34.9 Å². The number of benzene rings is 1. The number of amides is 1. The first-order chi connectivity index (χ1) is 9.08. The molecule has 1 N–H and O–H groups in total. The Morgan fingerprint density at radius 3 is 2.58 bits per heavy atom. The summed E-state index contributed by atoms with van der Waals surface area (Å²) in [6.45, 7) is -0.254. The highest BCUT2D eigenvalue weighted by atomic mass is 35.5. The van der Waals surface area contributed by atoms with Crippen LogP contribution in [0.4, 0.5) is 0 Å². The zero-order valence-corrected chi connectivity index (χ0v) is 11.3. The lowest BCUT2D eigenvalue weighted by Gasteiger charge is -2.27. The van der Waals surface area contributed by atoms with E-state index in [1.165, 1.54) is 4.90 Å². The molecule has 0 aliphatic heterocycles. The van der Waals surface area contributed by atoms with Gasteiger partial charge in [0.2, 0.25) is 0 Å². The maximum Gasteiger partial charge on any atom is 0.323 e. The predicted molar refractivity (Wildman–Crippen MR) is 72.4 cm³/mol. The second-order valence-corrected chi connectivity index (χ2v) is 5.21. The molecule has 2 rings (SSSR count). The lowest BCUT2D eigenvalue weighted by molar-refractivity contribution is -0.138. The highest BCUT2D eigenvalue weighted by Crippen LogP contribution is 2.25. The van der Waals surface area contributed by atoms with Gasteiger partial charge in [0.05, 0.1) is 0 Å². The maximum absolute atomic E-state index is 12.4. The van der Waals surface area contributed by atoms with Gasteiger partial charge in [-0.05, 0) is 31.0 Å². The monoisotopic (exact) mass is 281 g/mol. The van der Waals surface area contributed by atoms with E-state index >= 15 is 0 Å². The van der Waals surface area contributed by atoms with E-state index in [0.717, 1.165) is 25.7 Å². The summed E-state index contributed by atoms with van der Waals surface area (Å²) in [5, 5.41) is 9.45. The number of carbonyl (C=O) groups is 2. The first kappa shape index (κ1) is 13.9. The van der Waals surface area contributed by atoms with Crippen molar-refractivity contribution in [3.63, 3.8) is 0 Å². The number of carboxylic acid groups (broad SMARTS) is 1. The van der Waals surface area contributed by atoms with Gasteiger partial charge in [-0.25, -0.2) is 0 Å². The average Bonchev–Trinajstić information content (AvgIpc) is 2.88. The van der Waals surface area contributed by atoms with E-state index < -0.39 is 5.97 Å². The van der Waals surface area contributed by atoms with E-state index in [4.69, 9.17) is 16.7 Å². The molecule has 102 valence electrons. The van der Waals surface area contributed by atoms with Gasteiger partial charge in [-0.2, -0.15) is 0 Å². The number of carbonyl (C=O) groups excluding carboxylic acids is 1. The summed E-state index contributed by atoms with van der Waals surface area (Å²) < 4.78 is 0. The summed E-state index contributed by atoms with van der Waals surface area (Å²) in [5.74, 6) is -1.24. The fourth-order valence-electron chi connectivity index (χ4n) is 2.52. The number of carboxylic acids is 1. The van der Waals surface area contributed by atoms with Crippen LogP contribution in [0.1, 0.15) is 36.0 Å². The third-order valence-electron chi connectivity index (χ3n) is 3.40. The molecule has 1 aromatic carbocycles. The molecule has 1 amide bonds. The molecule has 0 atom stereocenters. The predicted octanol–water partition coefficient (Wildman–Crippen LogP) is 2.81. The molecule has 19 heavy (non-hydrogen) atoms. The quantitative estimate of drug-likeness (QED) is 0.923. The summed E-state index contributed by atoms with van der Waals surface area (Å²) in [6, 6.07) is 6.66. The van der Waals surface area contributed by atoms with Crippen LogP contribution < -0.4 is 0 Å². The number of aliphatic carboxylic acids is 1. The number of halogens is 1. The van der Waals surface area contributed by atoms with Crippen molar-refractivity contribution in [2.75, 3.05) is 6.54 Å². The lowest BCUT2D eigenvalue weighted by atomic mass is 10.1. The van der Waals surface area contributed by atoms with Crippen molar-refractivity contribution >= 4 is 23.5 Å². The molecule has 0 heterocycles. The summed E-state index contributed by atoms with van der Waals surface area (Å²) in [6.07, 6.45) is 3.84. The molecular weight excluding hydrogens is 266 g/mol. The van der Waals surface area contributed by atoms with E-state index in [1.54, 1.807) is 24.3 Å². The van der Waals surface area contributed by atoms with Gasteiger partial charge in [-0.15, -0.1) is 0 Å². The lowest BCUT2D eigenvalue weighted by Crippen LogP contribution is -2.42. The molecule has 0 bridgehead atoms. The molecule has 5 heteroatoms. The molecule has 0 saturated heterocycles. The van der Waals surface area contributed by atoms with Crippen LogP contribution >= 0.6 is 11.6 Å². The Morgan fingerprint density at radius 2 is 2.00 bits per heavy atom. The molecule has 1 aliphatic rings. The van der Waals surface area contributed by atoms with Gasteiger partial charge in [0.15, 0.2) is 0 Å². The van der Waals surface area contributed by atoms with Gasteiger partial charge < -0.3 is 10.0 Å². The number of nitrogens with zero attached hydrogens (tertiary/aromatic N) is 1. The van der Waals surface area contributed by atoms with E-state index in [0.29, 0.717) is 10.6 Å². The molecule has 0 radical (unpaired) electrons. The van der Waals surface area contributed by atoms with Gasteiger partial charge >= 0.3 is 5.97 Å². The van der Waals surface area contributed by atoms with Crippen molar-refractivity contribution in [3.8, 4) is 0 Å². The van der Waals surface area contributed by atoms with Crippen LogP contribution in [0.15, 0.2) is 24.3 Å². The molecule has 1 aromatic rings. The molecule has 0 aromatic heterocycles. The van der Waals surface area contributed by atoms with E-state index in [1.807, 2.05) is 0 Å². The Labute approximate surface area is 117 Å². The van der Waals surface area contributed by atoms with Crippen LogP contribution in [-0.2, 0) is 4.79 Å². The zero-order chi connectivity index (χ0) is 13.8. The van der Waals surface area contributed by atoms with Crippen LogP contribution in [0.25, 0.3) is 0 Å². The Hall–Kier alpha value is -1.55. The largest absolute Gasteiger partial charge is 0.480 e. The van der Waals surface area contributed by atoms with Crippen LogP contribution in [0, 0.1) is 0 Å². The summed E-state index contributed by atoms with van der Waals surface area (Å²) >= 11 is 5.87. The summed E-state index contributed by atoms with van der Waals surface area (Å²) in [5.41, 5.74) is 0.445. The van der Waals surface area contributed by atoms with Crippen LogP contribution in [0.3, 0.4) is 0 Å².